The highest BCUT2D eigenvalue weighted by atomic mass is 31.2. The van der Waals surface area contributed by atoms with Gasteiger partial charge < -0.3 is 28.8 Å². The van der Waals surface area contributed by atoms with E-state index in [1.807, 2.05) is 21.1 Å². The van der Waals surface area contributed by atoms with Crippen LogP contribution in [-0.2, 0) is 18.4 Å². The van der Waals surface area contributed by atoms with E-state index >= 15 is 0 Å². The van der Waals surface area contributed by atoms with Crippen molar-refractivity contribution in [3.05, 3.63) is 0 Å². The number of unbranched alkanes of at least 4 members (excludes halogenated alkanes) is 26. The Balaban J connectivity index is 4.37. The molecule has 3 unspecified atom stereocenters. The lowest BCUT2D eigenvalue weighted by Crippen LogP contribution is -2.46. The lowest BCUT2D eigenvalue weighted by molar-refractivity contribution is -0.870. The summed E-state index contributed by atoms with van der Waals surface area (Å²) >= 11 is 0. The van der Waals surface area contributed by atoms with Crippen molar-refractivity contribution in [2.24, 2.45) is 0 Å². The molecule has 0 heterocycles. The number of rotatable bonds is 39. The topological polar surface area (TPSA) is 108 Å². The summed E-state index contributed by atoms with van der Waals surface area (Å²) in [5, 5.41) is 13.9. The Morgan fingerprint density at radius 2 is 0.980 bits per heavy atom. The molecule has 0 spiro atoms. The number of nitrogens with one attached hydrogen (secondary N) is 1. The van der Waals surface area contributed by atoms with Crippen LogP contribution in [-0.4, -0.2) is 68.5 Å². The molecule has 9 heteroatoms. The third-order valence-corrected chi connectivity index (χ3v) is 10.8. The molecule has 0 aromatic rings. The number of hydrogen-bond acceptors (Lipinski definition) is 6. The molecule has 3 atom stereocenters. The van der Waals surface area contributed by atoms with Gasteiger partial charge >= 0.3 is 0 Å². The van der Waals surface area contributed by atoms with Crippen molar-refractivity contribution in [3.63, 3.8) is 0 Å². The van der Waals surface area contributed by atoms with Gasteiger partial charge in [0.15, 0.2) is 0 Å². The average Bonchev–Trinajstić information content (AvgIpc) is 3.06. The van der Waals surface area contributed by atoms with Crippen LogP contribution in [0, 0.1) is 0 Å². The van der Waals surface area contributed by atoms with Crippen LogP contribution in [0.25, 0.3) is 0 Å². The molecule has 0 fully saturated rings. The molecular weight excluding hydrogens is 647 g/mol. The Hall–Kier alpha value is -0.500. The highest BCUT2D eigenvalue weighted by Gasteiger charge is 2.24. The van der Waals surface area contributed by atoms with Crippen molar-refractivity contribution in [1.29, 1.82) is 0 Å². The number of quaternary nitrogens is 1. The quantitative estimate of drug-likeness (QED) is 0.0370. The van der Waals surface area contributed by atoms with E-state index in [0.29, 0.717) is 23.9 Å². The SMILES string of the molecule is CCCCCCCCCCCCCCCCCC(O)C(COP(=O)([O-])OCC[N+](C)(C)C)NC(=O)CCCCCCCCCCCCCCC. The summed E-state index contributed by atoms with van der Waals surface area (Å²) in [4.78, 5) is 25.2. The number of phosphoric ester groups is 1. The lowest BCUT2D eigenvalue weighted by atomic mass is 10.0. The minimum Gasteiger partial charge on any atom is -0.756 e. The molecule has 0 saturated heterocycles. The Kier molecular flexibility index (Phi) is 33.9. The number of likely N-dealkylation sites (N-methyl/N-ethyl adjacent to an activating group) is 1. The number of nitrogens with zero attached hydrogens (tertiary/aromatic N) is 1. The second kappa shape index (κ2) is 34.3. The number of aliphatic hydroxyl groups is 1. The third-order valence-electron chi connectivity index (χ3n) is 9.85. The molecule has 0 aliphatic rings. The Morgan fingerprint density at radius 1 is 0.620 bits per heavy atom. The van der Waals surface area contributed by atoms with Gasteiger partial charge in [0.05, 0.1) is 39.9 Å². The van der Waals surface area contributed by atoms with Gasteiger partial charge in [-0.3, -0.25) is 9.36 Å². The number of aliphatic hydroxyl groups excluding tert-OH is 1. The molecule has 1 amide bonds. The maximum absolute atomic E-state index is 12.8. The summed E-state index contributed by atoms with van der Waals surface area (Å²) in [6.45, 7) is 4.73. The van der Waals surface area contributed by atoms with E-state index in [2.05, 4.69) is 19.2 Å². The van der Waals surface area contributed by atoms with E-state index in [9.17, 15) is 19.4 Å². The summed E-state index contributed by atoms with van der Waals surface area (Å²) < 4.78 is 23.2. The van der Waals surface area contributed by atoms with Crippen molar-refractivity contribution in [3.8, 4) is 0 Å². The number of hydrogen-bond donors (Lipinski definition) is 2. The third kappa shape index (κ3) is 35.9. The van der Waals surface area contributed by atoms with Crippen LogP contribution in [0.1, 0.15) is 206 Å². The lowest BCUT2D eigenvalue weighted by Gasteiger charge is -2.30. The van der Waals surface area contributed by atoms with Crippen LogP contribution >= 0.6 is 7.82 Å². The predicted octanol–water partition coefficient (Wildman–Crippen LogP) is 10.8. The standard InChI is InChI=1S/C41H85N2O6P/c1-6-8-10-12-14-16-18-20-21-23-24-26-28-30-32-34-40(44)39(38-49-50(46,47)48-37-36-43(3,4)5)42-41(45)35-33-31-29-27-25-22-19-17-15-13-11-9-7-2/h39-40,44H,6-38H2,1-5H3,(H-,42,45,46,47). The van der Waals surface area contributed by atoms with Crippen LogP contribution < -0.4 is 10.2 Å². The number of phosphoric acid groups is 1. The molecule has 2 N–H and O–H groups in total. The van der Waals surface area contributed by atoms with Crippen LogP contribution in [0.15, 0.2) is 0 Å². The maximum atomic E-state index is 12.8. The van der Waals surface area contributed by atoms with Gasteiger partial charge in [-0.05, 0) is 12.8 Å². The van der Waals surface area contributed by atoms with Gasteiger partial charge in [0, 0.05) is 6.42 Å². The average molecular weight is 733 g/mol. The van der Waals surface area contributed by atoms with E-state index < -0.39 is 20.0 Å². The monoisotopic (exact) mass is 733 g/mol. The first-order valence-electron chi connectivity index (χ1n) is 21.4. The first-order chi connectivity index (χ1) is 24.0. The highest BCUT2D eigenvalue weighted by Crippen LogP contribution is 2.38. The number of carbonyl (C=O) groups is 1. The van der Waals surface area contributed by atoms with Gasteiger partial charge in [-0.1, -0.05) is 187 Å². The van der Waals surface area contributed by atoms with Crippen molar-refractivity contribution in [2.45, 2.75) is 219 Å². The van der Waals surface area contributed by atoms with E-state index in [-0.39, 0.29) is 19.1 Å². The largest absolute Gasteiger partial charge is 0.756 e. The molecule has 0 bridgehead atoms. The molecule has 50 heavy (non-hydrogen) atoms. The van der Waals surface area contributed by atoms with Gasteiger partial charge in [-0.2, -0.15) is 0 Å². The van der Waals surface area contributed by atoms with Crippen molar-refractivity contribution >= 4 is 13.7 Å². The Morgan fingerprint density at radius 3 is 1.36 bits per heavy atom. The fourth-order valence-electron chi connectivity index (χ4n) is 6.39. The molecule has 0 aliphatic heterocycles. The predicted molar refractivity (Wildman–Crippen MR) is 210 cm³/mol. The fraction of sp³-hybridized carbons (Fsp3) is 0.976. The van der Waals surface area contributed by atoms with E-state index in [0.717, 1.165) is 38.5 Å². The van der Waals surface area contributed by atoms with Crippen molar-refractivity contribution < 1.29 is 32.9 Å². The minimum absolute atomic E-state index is 0.0159. The molecule has 0 aliphatic carbocycles. The zero-order valence-corrected chi connectivity index (χ0v) is 34.8. The van der Waals surface area contributed by atoms with E-state index in [4.69, 9.17) is 9.05 Å². The van der Waals surface area contributed by atoms with Crippen LogP contribution in [0.2, 0.25) is 0 Å². The number of amides is 1. The normalized spacial score (nSPS) is 14.5. The van der Waals surface area contributed by atoms with Crippen LogP contribution in [0.4, 0.5) is 0 Å². The zero-order valence-electron chi connectivity index (χ0n) is 33.9. The van der Waals surface area contributed by atoms with Gasteiger partial charge in [-0.15, -0.1) is 0 Å². The van der Waals surface area contributed by atoms with Crippen molar-refractivity contribution in [1.82, 2.24) is 5.32 Å². The molecule has 0 saturated carbocycles. The maximum Gasteiger partial charge on any atom is 0.268 e. The molecule has 0 rings (SSSR count). The smallest absolute Gasteiger partial charge is 0.268 e. The van der Waals surface area contributed by atoms with Gasteiger partial charge in [0.2, 0.25) is 5.91 Å². The van der Waals surface area contributed by atoms with Crippen LogP contribution in [0.5, 0.6) is 0 Å². The minimum atomic E-state index is -4.55. The Bertz CT molecular complexity index is 794. The molecule has 0 aromatic carbocycles. The first-order valence-corrected chi connectivity index (χ1v) is 22.8. The van der Waals surface area contributed by atoms with Gasteiger partial charge in [0.1, 0.15) is 13.2 Å². The molecule has 300 valence electrons. The zero-order chi connectivity index (χ0) is 37.2. The second-order valence-electron chi connectivity index (χ2n) is 16.1. The molecule has 8 nitrogen and oxygen atoms in total. The summed E-state index contributed by atoms with van der Waals surface area (Å²) in [6, 6.07) is -0.791. The molecule has 0 radical (unpaired) electrons. The second-order valence-corrected chi connectivity index (χ2v) is 17.5. The molecular formula is C41H85N2O6P. The van der Waals surface area contributed by atoms with E-state index in [1.54, 1.807) is 0 Å². The summed E-state index contributed by atoms with van der Waals surface area (Å²) in [5.41, 5.74) is 0. The highest BCUT2D eigenvalue weighted by molar-refractivity contribution is 7.45. The van der Waals surface area contributed by atoms with Crippen LogP contribution in [0.3, 0.4) is 0 Å². The van der Waals surface area contributed by atoms with Crippen molar-refractivity contribution in [2.75, 3.05) is 40.9 Å². The number of carbonyl (C=O) groups excluding carboxylic acids is 1. The first kappa shape index (κ1) is 49.5. The van der Waals surface area contributed by atoms with Gasteiger partial charge in [-0.25, -0.2) is 0 Å². The Labute approximate surface area is 310 Å². The fourth-order valence-corrected chi connectivity index (χ4v) is 7.12. The summed E-state index contributed by atoms with van der Waals surface area (Å²) in [5.74, 6) is -0.163. The van der Waals surface area contributed by atoms with E-state index in [1.165, 1.54) is 141 Å². The summed E-state index contributed by atoms with van der Waals surface area (Å²) in [7, 11) is 1.31. The summed E-state index contributed by atoms with van der Waals surface area (Å²) in [6.07, 6.45) is 35.2. The molecule has 0 aromatic heterocycles. The van der Waals surface area contributed by atoms with Gasteiger partial charge in [0.25, 0.3) is 7.82 Å².